The summed E-state index contributed by atoms with van der Waals surface area (Å²) >= 11 is 0. The van der Waals surface area contributed by atoms with E-state index in [4.69, 9.17) is 19.0 Å². The smallest absolute Gasteiger partial charge is 0.331 e. The molecule has 1 heterocycles. The molecule has 1 amide bonds. The standard InChI is InChI=1S/C39H51NO6/c1-38(2,3)45-36(42)17-12-27-10-13-31(14-11-27)32-15-16-34(33(23-32)39-24-28-20-29(25-39)22-30(21-28)26-39)43-18-6-4-8-35(41)40-46-37-9-5-7-19-44-37/h10-17,23,28-30,37H,4-9,18-22,24-26H2,1-3H3,(H,40,41). The van der Waals surface area contributed by atoms with E-state index in [-0.39, 0.29) is 23.6 Å². The molecular weight excluding hydrogens is 578 g/mol. The second-order valence-electron chi connectivity index (χ2n) is 15.1. The van der Waals surface area contributed by atoms with Crippen molar-refractivity contribution >= 4 is 18.0 Å². The van der Waals surface area contributed by atoms with Crippen LogP contribution >= 0.6 is 0 Å². The molecule has 1 N–H and O–H groups in total. The third-order valence-corrected chi connectivity index (χ3v) is 10.1. The summed E-state index contributed by atoms with van der Waals surface area (Å²) in [6.45, 7) is 6.87. The van der Waals surface area contributed by atoms with Gasteiger partial charge in [-0.15, -0.1) is 0 Å². The van der Waals surface area contributed by atoms with Gasteiger partial charge in [-0.25, -0.2) is 15.1 Å². The van der Waals surface area contributed by atoms with Gasteiger partial charge in [0, 0.05) is 31.1 Å². The molecule has 7 nitrogen and oxygen atoms in total. The molecule has 1 aliphatic heterocycles. The van der Waals surface area contributed by atoms with Crippen molar-refractivity contribution in [3.05, 3.63) is 59.7 Å². The Balaban J connectivity index is 1.11. The molecule has 4 saturated carbocycles. The first-order chi connectivity index (χ1) is 22.1. The molecule has 0 spiro atoms. The van der Waals surface area contributed by atoms with E-state index in [1.54, 1.807) is 6.08 Å². The van der Waals surface area contributed by atoms with E-state index >= 15 is 0 Å². The summed E-state index contributed by atoms with van der Waals surface area (Å²) in [5.41, 5.74) is 6.92. The molecule has 0 radical (unpaired) electrons. The molecule has 2 aromatic rings. The van der Waals surface area contributed by atoms with E-state index in [2.05, 4.69) is 35.8 Å². The van der Waals surface area contributed by atoms with Gasteiger partial charge in [-0.2, -0.15) is 0 Å². The molecule has 7 rings (SSSR count). The van der Waals surface area contributed by atoms with Gasteiger partial charge in [0.2, 0.25) is 5.91 Å². The number of benzene rings is 2. The zero-order valence-electron chi connectivity index (χ0n) is 27.9. The van der Waals surface area contributed by atoms with Crippen LogP contribution in [0.2, 0.25) is 0 Å². The molecule has 46 heavy (non-hydrogen) atoms. The first kappa shape index (κ1) is 32.8. The van der Waals surface area contributed by atoms with Crippen LogP contribution in [0.25, 0.3) is 17.2 Å². The molecule has 1 unspecified atom stereocenters. The number of hydrogen-bond donors (Lipinski definition) is 1. The van der Waals surface area contributed by atoms with E-state index in [9.17, 15) is 9.59 Å². The fraction of sp³-hybridized carbons (Fsp3) is 0.590. The van der Waals surface area contributed by atoms with Crippen molar-refractivity contribution in [2.24, 2.45) is 17.8 Å². The van der Waals surface area contributed by atoms with Gasteiger partial charge in [-0.3, -0.25) is 4.79 Å². The van der Waals surface area contributed by atoms with Crippen LogP contribution in [0, 0.1) is 17.8 Å². The number of esters is 1. The number of rotatable bonds is 12. The van der Waals surface area contributed by atoms with E-state index in [0.717, 1.165) is 66.7 Å². The van der Waals surface area contributed by atoms with Crippen molar-refractivity contribution in [3.8, 4) is 16.9 Å². The van der Waals surface area contributed by atoms with Crippen molar-refractivity contribution in [2.75, 3.05) is 13.2 Å². The van der Waals surface area contributed by atoms with Gasteiger partial charge < -0.3 is 14.2 Å². The lowest BCUT2D eigenvalue weighted by molar-refractivity contribution is -0.200. The van der Waals surface area contributed by atoms with Crippen LogP contribution in [0.15, 0.2) is 48.5 Å². The number of hydrogen-bond acceptors (Lipinski definition) is 6. The minimum atomic E-state index is -0.508. The highest BCUT2D eigenvalue weighted by atomic mass is 16.8. The number of ether oxygens (including phenoxy) is 3. The van der Waals surface area contributed by atoms with Gasteiger partial charge in [0.05, 0.1) is 6.61 Å². The van der Waals surface area contributed by atoms with Crippen molar-refractivity contribution in [1.82, 2.24) is 5.48 Å². The maximum Gasteiger partial charge on any atom is 0.331 e. The first-order valence-electron chi connectivity index (χ1n) is 17.5. The Morgan fingerprint density at radius 1 is 0.935 bits per heavy atom. The Hall–Kier alpha value is -3.16. The fourth-order valence-corrected chi connectivity index (χ4v) is 8.53. The highest BCUT2D eigenvalue weighted by Crippen LogP contribution is 2.62. The number of hydroxylamine groups is 1. The number of carbonyl (C=O) groups is 2. The second kappa shape index (κ2) is 14.3. The SMILES string of the molecule is CC(C)(C)OC(=O)C=Cc1ccc(-c2ccc(OCCCCC(=O)NOC3CCCCO3)c(C34CC5CC(CC(C5)C3)C4)c2)cc1. The lowest BCUT2D eigenvalue weighted by Gasteiger charge is -2.57. The Morgan fingerprint density at radius 3 is 2.28 bits per heavy atom. The van der Waals surface area contributed by atoms with Gasteiger partial charge in [-0.1, -0.05) is 30.3 Å². The summed E-state index contributed by atoms with van der Waals surface area (Å²) < 4.78 is 17.4. The normalized spacial score (nSPS) is 27.1. The van der Waals surface area contributed by atoms with Gasteiger partial charge in [-0.05, 0) is 143 Å². The fourth-order valence-electron chi connectivity index (χ4n) is 8.53. The highest BCUT2D eigenvalue weighted by molar-refractivity contribution is 5.87. The molecule has 7 heteroatoms. The largest absolute Gasteiger partial charge is 0.493 e. The predicted octanol–water partition coefficient (Wildman–Crippen LogP) is 8.30. The summed E-state index contributed by atoms with van der Waals surface area (Å²) in [4.78, 5) is 29.8. The second-order valence-corrected chi connectivity index (χ2v) is 15.1. The lowest BCUT2D eigenvalue weighted by atomic mass is 9.48. The van der Waals surface area contributed by atoms with Crippen molar-refractivity contribution in [2.45, 2.75) is 115 Å². The Labute approximate surface area is 274 Å². The summed E-state index contributed by atoms with van der Waals surface area (Å²) in [7, 11) is 0. The summed E-state index contributed by atoms with van der Waals surface area (Å²) in [5.74, 6) is 3.05. The molecule has 5 fully saturated rings. The molecule has 1 saturated heterocycles. The number of nitrogens with one attached hydrogen (secondary N) is 1. The maximum atomic E-state index is 12.3. The van der Waals surface area contributed by atoms with E-state index < -0.39 is 5.60 Å². The van der Waals surface area contributed by atoms with Crippen LogP contribution in [-0.2, 0) is 29.3 Å². The summed E-state index contributed by atoms with van der Waals surface area (Å²) in [5, 5.41) is 0. The van der Waals surface area contributed by atoms with Gasteiger partial charge in [0.25, 0.3) is 0 Å². The lowest BCUT2D eigenvalue weighted by Crippen LogP contribution is -2.48. The van der Waals surface area contributed by atoms with Crippen LogP contribution in [0.3, 0.4) is 0 Å². The van der Waals surface area contributed by atoms with E-state index in [0.29, 0.717) is 19.6 Å². The minimum absolute atomic E-state index is 0.112. The van der Waals surface area contributed by atoms with Crippen molar-refractivity contribution in [3.63, 3.8) is 0 Å². The molecule has 0 aromatic heterocycles. The molecule has 5 aliphatic rings. The van der Waals surface area contributed by atoms with Gasteiger partial charge >= 0.3 is 5.97 Å². The van der Waals surface area contributed by atoms with Crippen LogP contribution in [0.5, 0.6) is 5.75 Å². The minimum Gasteiger partial charge on any atom is -0.493 e. The number of carbonyl (C=O) groups excluding carboxylic acids is 2. The number of unbranched alkanes of at least 4 members (excludes halogenated alkanes) is 1. The average Bonchev–Trinajstić information content (AvgIpc) is 3.02. The third kappa shape index (κ3) is 8.40. The zero-order chi connectivity index (χ0) is 32.1. The topological polar surface area (TPSA) is 83.1 Å². The summed E-state index contributed by atoms with van der Waals surface area (Å²) in [6, 6.07) is 15.1. The van der Waals surface area contributed by atoms with Gasteiger partial charge in [0.1, 0.15) is 11.4 Å². The molecule has 4 aliphatic carbocycles. The first-order valence-corrected chi connectivity index (χ1v) is 17.5. The maximum absolute atomic E-state index is 12.3. The van der Waals surface area contributed by atoms with Crippen molar-refractivity contribution in [1.29, 1.82) is 0 Å². The van der Waals surface area contributed by atoms with Gasteiger partial charge in [0.15, 0.2) is 6.29 Å². The van der Waals surface area contributed by atoms with E-state index in [1.807, 2.05) is 32.9 Å². The van der Waals surface area contributed by atoms with Crippen LogP contribution in [-0.4, -0.2) is 37.0 Å². The Kier molecular flexibility index (Phi) is 10.2. The molecule has 2 aromatic carbocycles. The van der Waals surface area contributed by atoms with Crippen LogP contribution < -0.4 is 10.2 Å². The van der Waals surface area contributed by atoms with Crippen LogP contribution in [0.1, 0.15) is 109 Å². The summed E-state index contributed by atoms with van der Waals surface area (Å²) in [6.07, 6.45) is 15.8. The van der Waals surface area contributed by atoms with E-state index in [1.165, 1.54) is 55.7 Å². The molecule has 4 bridgehead atoms. The zero-order valence-corrected chi connectivity index (χ0v) is 27.9. The molecular formula is C39H51NO6. The Morgan fingerprint density at radius 2 is 1.63 bits per heavy atom. The molecule has 248 valence electrons. The van der Waals surface area contributed by atoms with Crippen molar-refractivity contribution < 1.29 is 28.6 Å². The van der Waals surface area contributed by atoms with Crippen LogP contribution in [0.4, 0.5) is 0 Å². The Bertz CT molecular complexity index is 1350. The molecule has 1 atom stereocenters. The quantitative estimate of drug-likeness (QED) is 0.110. The third-order valence-electron chi connectivity index (χ3n) is 10.1. The number of amides is 1. The highest BCUT2D eigenvalue weighted by Gasteiger charge is 2.52. The monoisotopic (exact) mass is 629 g/mol. The predicted molar refractivity (Wildman–Crippen MR) is 179 cm³/mol. The average molecular weight is 630 g/mol.